The van der Waals surface area contributed by atoms with Crippen LogP contribution in [0, 0.1) is 0 Å². The van der Waals surface area contributed by atoms with Crippen molar-refractivity contribution in [3.63, 3.8) is 0 Å². The average Bonchev–Trinajstić information content (AvgIpc) is 3.04. The molecule has 0 saturated carbocycles. The van der Waals surface area contributed by atoms with E-state index in [1.165, 1.54) is 6.39 Å². The number of pyridine rings is 1. The molecule has 0 unspecified atom stereocenters. The van der Waals surface area contributed by atoms with Crippen LogP contribution in [0.5, 0.6) is 0 Å². The zero-order valence-electron chi connectivity index (χ0n) is 12.5. The highest BCUT2D eigenvalue weighted by Crippen LogP contribution is 2.34. The van der Waals surface area contributed by atoms with Gasteiger partial charge in [-0.25, -0.2) is 4.98 Å². The molecule has 23 heavy (non-hydrogen) atoms. The maximum absolute atomic E-state index is 6.43. The molecular formula is C17H15Cl2N3O. The maximum Gasteiger partial charge on any atom is 0.180 e. The van der Waals surface area contributed by atoms with Crippen LogP contribution < -0.4 is 0 Å². The molecule has 118 valence electrons. The van der Waals surface area contributed by atoms with Gasteiger partial charge in [0.25, 0.3) is 0 Å². The molecule has 0 spiro atoms. The summed E-state index contributed by atoms with van der Waals surface area (Å²) in [5.41, 5.74) is 2.87. The van der Waals surface area contributed by atoms with Crippen molar-refractivity contribution in [1.29, 1.82) is 0 Å². The Morgan fingerprint density at radius 3 is 2.78 bits per heavy atom. The molecule has 0 aliphatic rings. The van der Waals surface area contributed by atoms with E-state index >= 15 is 0 Å². The normalized spacial score (nSPS) is 12.5. The molecule has 0 aliphatic carbocycles. The molecule has 0 bridgehead atoms. The van der Waals surface area contributed by atoms with Crippen molar-refractivity contribution in [2.24, 2.45) is 0 Å². The van der Waals surface area contributed by atoms with Gasteiger partial charge in [0.15, 0.2) is 6.39 Å². The number of halogens is 2. The fourth-order valence-electron chi connectivity index (χ4n) is 2.59. The van der Waals surface area contributed by atoms with Crippen molar-refractivity contribution < 1.29 is 4.42 Å². The van der Waals surface area contributed by atoms with Gasteiger partial charge in [-0.3, -0.25) is 9.88 Å². The summed E-state index contributed by atoms with van der Waals surface area (Å²) in [5.74, 6) is 0. The Morgan fingerprint density at radius 1 is 1.26 bits per heavy atom. The third kappa shape index (κ3) is 3.72. The number of aromatic nitrogens is 2. The molecule has 0 saturated heterocycles. The van der Waals surface area contributed by atoms with Gasteiger partial charge in [0.05, 0.1) is 11.7 Å². The molecule has 2 aromatic heterocycles. The summed E-state index contributed by atoms with van der Waals surface area (Å²) >= 11 is 12.5. The second kappa shape index (κ2) is 7.13. The van der Waals surface area contributed by atoms with Crippen molar-refractivity contribution in [1.82, 2.24) is 14.9 Å². The quantitative estimate of drug-likeness (QED) is 0.676. The van der Waals surface area contributed by atoms with Gasteiger partial charge in [-0.1, -0.05) is 35.3 Å². The van der Waals surface area contributed by atoms with Crippen molar-refractivity contribution in [2.75, 3.05) is 7.05 Å². The SMILES string of the molecule is CN(Cc1cocn1)[C@@H](c1cccnc1)c1ccc(Cl)cc1Cl. The minimum absolute atomic E-state index is 0.0647. The van der Waals surface area contributed by atoms with Crippen LogP contribution in [0.15, 0.2) is 59.8 Å². The summed E-state index contributed by atoms with van der Waals surface area (Å²) in [5, 5.41) is 1.24. The zero-order chi connectivity index (χ0) is 16.2. The van der Waals surface area contributed by atoms with E-state index in [0.29, 0.717) is 16.6 Å². The molecule has 2 heterocycles. The van der Waals surface area contributed by atoms with Gasteiger partial charge in [-0.05, 0) is 36.4 Å². The first-order valence-electron chi connectivity index (χ1n) is 7.07. The third-order valence-corrected chi connectivity index (χ3v) is 4.16. The molecule has 0 N–H and O–H groups in total. The van der Waals surface area contributed by atoms with Gasteiger partial charge >= 0.3 is 0 Å². The topological polar surface area (TPSA) is 42.2 Å². The van der Waals surface area contributed by atoms with Crippen LogP contribution in [-0.4, -0.2) is 21.9 Å². The third-order valence-electron chi connectivity index (χ3n) is 3.59. The molecule has 0 aliphatic heterocycles. The number of hydrogen-bond acceptors (Lipinski definition) is 4. The Labute approximate surface area is 144 Å². The monoisotopic (exact) mass is 347 g/mol. The second-order valence-corrected chi connectivity index (χ2v) is 6.09. The van der Waals surface area contributed by atoms with Crippen molar-refractivity contribution in [3.05, 3.63) is 82.2 Å². The van der Waals surface area contributed by atoms with Gasteiger partial charge < -0.3 is 4.42 Å². The summed E-state index contributed by atoms with van der Waals surface area (Å²) in [4.78, 5) is 10.6. The van der Waals surface area contributed by atoms with E-state index in [0.717, 1.165) is 16.8 Å². The summed E-state index contributed by atoms with van der Waals surface area (Å²) < 4.78 is 5.05. The summed E-state index contributed by atoms with van der Waals surface area (Å²) in [7, 11) is 2.01. The summed E-state index contributed by atoms with van der Waals surface area (Å²) in [6.07, 6.45) is 6.66. The maximum atomic E-state index is 6.43. The standard InChI is InChI=1S/C17H15Cl2N3O/c1-22(9-14-10-23-11-21-14)17(12-3-2-6-20-8-12)15-5-4-13(18)7-16(15)19/h2-8,10-11,17H,9H2,1H3/t17-/m0/s1. The van der Waals surface area contributed by atoms with Gasteiger partial charge in [-0.15, -0.1) is 0 Å². The molecule has 1 atom stereocenters. The molecular weight excluding hydrogens is 333 g/mol. The first-order chi connectivity index (χ1) is 11.1. The molecule has 4 nitrogen and oxygen atoms in total. The fraction of sp³-hybridized carbons (Fsp3) is 0.176. The Bertz CT molecular complexity index is 763. The van der Waals surface area contributed by atoms with Crippen molar-refractivity contribution in [2.45, 2.75) is 12.6 Å². The Morgan fingerprint density at radius 2 is 2.13 bits per heavy atom. The Hall–Kier alpha value is -1.88. The molecule has 6 heteroatoms. The van der Waals surface area contributed by atoms with E-state index in [2.05, 4.69) is 14.9 Å². The molecule has 3 aromatic rings. The van der Waals surface area contributed by atoms with Crippen LogP contribution in [-0.2, 0) is 6.54 Å². The lowest BCUT2D eigenvalue weighted by molar-refractivity contribution is 0.267. The first kappa shape index (κ1) is 16.0. The largest absolute Gasteiger partial charge is 0.451 e. The van der Waals surface area contributed by atoms with E-state index < -0.39 is 0 Å². The highest BCUT2D eigenvalue weighted by Gasteiger charge is 2.23. The fourth-order valence-corrected chi connectivity index (χ4v) is 3.11. The van der Waals surface area contributed by atoms with Crippen LogP contribution in [0.25, 0.3) is 0 Å². The van der Waals surface area contributed by atoms with Gasteiger partial charge in [0, 0.05) is 29.0 Å². The Balaban J connectivity index is 1.99. The highest BCUT2D eigenvalue weighted by atomic mass is 35.5. The predicted molar refractivity (Wildman–Crippen MR) is 90.5 cm³/mol. The summed E-state index contributed by atoms with van der Waals surface area (Å²) in [6.45, 7) is 0.620. The Kier molecular flexibility index (Phi) is 4.96. The van der Waals surface area contributed by atoms with Crippen molar-refractivity contribution in [3.8, 4) is 0 Å². The molecule has 1 aromatic carbocycles. The lowest BCUT2D eigenvalue weighted by Gasteiger charge is -2.28. The number of rotatable bonds is 5. The number of benzene rings is 1. The summed E-state index contributed by atoms with van der Waals surface area (Å²) in [6, 6.07) is 9.42. The number of oxazole rings is 1. The van der Waals surface area contributed by atoms with Gasteiger partial charge in [0.2, 0.25) is 0 Å². The van der Waals surface area contributed by atoms with Gasteiger partial charge in [-0.2, -0.15) is 0 Å². The lowest BCUT2D eigenvalue weighted by Crippen LogP contribution is -2.25. The number of nitrogens with zero attached hydrogens (tertiary/aromatic N) is 3. The lowest BCUT2D eigenvalue weighted by atomic mass is 9.98. The smallest absolute Gasteiger partial charge is 0.180 e. The van der Waals surface area contributed by atoms with Crippen LogP contribution >= 0.6 is 23.2 Å². The second-order valence-electron chi connectivity index (χ2n) is 5.25. The first-order valence-corrected chi connectivity index (χ1v) is 7.83. The van der Waals surface area contributed by atoms with Crippen molar-refractivity contribution >= 4 is 23.2 Å². The van der Waals surface area contributed by atoms with E-state index in [1.54, 1.807) is 18.5 Å². The average molecular weight is 348 g/mol. The van der Waals surface area contributed by atoms with Crippen LogP contribution in [0.1, 0.15) is 22.9 Å². The van der Waals surface area contributed by atoms with E-state index in [-0.39, 0.29) is 6.04 Å². The van der Waals surface area contributed by atoms with Crippen LogP contribution in [0.3, 0.4) is 0 Å². The minimum atomic E-state index is -0.0647. The molecule has 0 amide bonds. The van der Waals surface area contributed by atoms with Gasteiger partial charge in [0.1, 0.15) is 6.26 Å². The van der Waals surface area contributed by atoms with E-state index in [9.17, 15) is 0 Å². The zero-order valence-corrected chi connectivity index (χ0v) is 14.0. The molecule has 3 rings (SSSR count). The van der Waals surface area contributed by atoms with Crippen LogP contribution in [0.4, 0.5) is 0 Å². The molecule has 0 fully saturated rings. The number of hydrogen-bond donors (Lipinski definition) is 0. The van der Waals surface area contributed by atoms with E-state index in [1.807, 2.05) is 37.5 Å². The van der Waals surface area contributed by atoms with E-state index in [4.69, 9.17) is 27.6 Å². The van der Waals surface area contributed by atoms with Crippen LogP contribution in [0.2, 0.25) is 10.0 Å². The minimum Gasteiger partial charge on any atom is -0.451 e. The highest BCUT2D eigenvalue weighted by molar-refractivity contribution is 6.35. The molecule has 0 radical (unpaired) electrons. The predicted octanol–water partition coefficient (Wildman–Crippen LogP) is 4.60.